The standard InChI is InChI=1S/C9H11Cl2NO/c1-13-5-8(12)6-3-2-4-7(10)9(6)11/h2-4,8H,5,12H2,1H3. The van der Waals surface area contributed by atoms with E-state index in [0.29, 0.717) is 16.7 Å². The number of ether oxygens (including phenoxy) is 1. The molecule has 0 aliphatic carbocycles. The molecule has 0 aromatic heterocycles. The van der Waals surface area contributed by atoms with Crippen molar-refractivity contribution in [2.45, 2.75) is 6.04 Å². The highest BCUT2D eigenvalue weighted by Gasteiger charge is 2.11. The highest BCUT2D eigenvalue weighted by Crippen LogP contribution is 2.28. The summed E-state index contributed by atoms with van der Waals surface area (Å²) in [6.45, 7) is 0.431. The number of rotatable bonds is 3. The van der Waals surface area contributed by atoms with Gasteiger partial charge in [-0.3, -0.25) is 0 Å². The van der Waals surface area contributed by atoms with Crippen LogP contribution in [0.1, 0.15) is 11.6 Å². The van der Waals surface area contributed by atoms with Crippen LogP contribution in [-0.2, 0) is 4.74 Å². The Morgan fingerprint density at radius 1 is 1.46 bits per heavy atom. The molecule has 1 rings (SSSR count). The van der Waals surface area contributed by atoms with E-state index in [1.165, 1.54) is 0 Å². The maximum atomic E-state index is 5.96. The van der Waals surface area contributed by atoms with E-state index in [0.717, 1.165) is 5.56 Å². The van der Waals surface area contributed by atoms with Crippen LogP contribution in [0.25, 0.3) is 0 Å². The number of methoxy groups -OCH3 is 1. The molecule has 2 nitrogen and oxygen atoms in total. The van der Waals surface area contributed by atoms with Crippen molar-refractivity contribution >= 4 is 23.2 Å². The SMILES string of the molecule is COCC(N)c1cccc(Cl)c1Cl. The minimum Gasteiger partial charge on any atom is -0.383 e. The average molecular weight is 220 g/mol. The average Bonchev–Trinajstić information content (AvgIpc) is 2.10. The summed E-state index contributed by atoms with van der Waals surface area (Å²) in [5.41, 5.74) is 6.62. The third-order valence-corrected chi connectivity index (χ3v) is 2.56. The maximum Gasteiger partial charge on any atom is 0.0656 e. The molecule has 0 heterocycles. The van der Waals surface area contributed by atoms with Crippen LogP contribution >= 0.6 is 23.2 Å². The summed E-state index contributed by atoms with van der Waals surface area (Å²) in [5, 5.41) is 1.03. The van der Waals surface area contributed by atoms with E-state index in [9.17, 15) is 0 Å². The fourth-order valence-electron chi connectivity index (χ4n) is 1.08. The Kier molecular flexibility index (Phi) is 4.00. The van der Waals surface area contributed by atoms with Crippen LogP contribution in [-0.4, -0.2) is 13.7 Å². The van der Waals surface area contributed by atoms with Crippen LogP contribution in [0.5, 0.6) is 0 Å². The third kappa shape index (κ3) is 2.58. The van der Waals surface area contributed by atoms with E-state index in [-0.39, 0.29) is 6.04 Å². The molecule has 0 spiro atoms. The lowest BCUT2D eigenvalue weighted by molar-refractivity contribution is 0.181. The fraction of sp³-hybridized carbons (Fsp3) is 0.333. The molecule has 0 fully saturated rings. The van der Waals surface area contributed by atoms with Crippen LogP contribution in [0, 0.1) is 0 Å². The molecule has 72 valence electrons. The van der Waals surface area contributed by atoms with Crippen LogP contribution in [0.2, 0.25) is 10.0 Å². The molecule has 2 N–H and O–H groups in total. The normalized spacial score (nSPS) is 12.9. The number of halogens is 2. The zero-order valence-corrected chi connectivity index (χ0v) is 8.77. The molecule has 0 amide bonds. The van der Waals surface area contributed by atoms with Gasteiger partial charge in [0, 0.05) is 7.11 Å². The first kappa shape index (κ1) is 10.8. The molecule has 0 saturated carbocycles. The molecule has 1 atom stereocenters. The van der Waals surface area contributed by atoms with Gasteiger partial charge >= 0.3 is 0 Å². The Morgan fingerprint density at radius 3 is 2.77 bits per heavy atom. The Morgan fingerprint density at radius 2 is 2.15 bits per heavy atom. The van der Waals surface area contributed by atoms with Gasteiger partial charge < -0.3 is 10.5 Å². The molecule has 0 radical (unpaired) electrons. The van der Waals surface area contributed by atoms with Crippen molar-refractivity contribution in [2.75, 3.05) is 13.7 Å². The van der Waals surface area contributed by atoms with Crippen molar-refractivity contribution in [3.8, 4) is 0 Å². The summed E-state index contributed by atoms with van der Waals surface area (Å²) >= 11 is 11.8. The van der Waals surface area contributed by atoms with Crippen molar-refractivity contribution in [3.05, 3.63) is 33.8 Å². The van der Waals surface area contributed by atoms with Gasteiger partial charge in [0.15, 0.2) is 0 Å². The van der Waals surface area contributed by atoms with Crippen LogP contribution in [0.15, 0.2) is 18.2 Å². The first-order valence-electron chi connectivity index (χ1n) is 3.85. The molecule has 1 unspecified atom stereocenters. The zero-order chi connectivity index (χ0) is 9.84. The minimum atomic E-state index is -0.226. The largest absolute Gasteiger partial charge is 0.383 e. The summed E-state index contributed by atoms with van der Waals surface area (Å²) < 4.78 is 4.93. The number of benzene rings is 1. The van der Waals surface area contributed by atoms with Gasteiger partial charge in [-0.25, -0.2) is 0 Å². The predicted molar refractivity (Wildman–Crippen MR) is 55.3 cm³/mol. The summed E-state index contributed by atoms with van der Waals surface area (Å²) in [4.78, 5) is 0. The molecule has 1 aromatic rings. The lowest BCUT2D eigenvalue weighted by Gasteiger charge is -2.12. The summed E-state index contributed by atoms with van der Waals surface area (Å²) in [6.07, 6.45) is 0. The summed E-state index contributed by atoms with van der Waals surface area (Å²) in [5.74, 6) is 0. The van der Waals surface area contributed by atoms with Gasteiger partial charge in [-0.1, -0.05) is 35.3 Å². The van der Waals surface area contributed by atoms with E-state index >= 15 is 0 Å². The van der Waals surface area contributed by atoms with E-state index in [4.69, 9.17) is 33.7 Å². The lowest BCUT2D eigenvalue weighted by atomic mass is 10.1. The van der Waals surface area contributed by atoms with Crippen molar-refractivity contribution in [2.24, 2.45) is 5.73 Å². The van der Waals surface area contributed by atoms with Crippen molar-refractivity contribution in [3.63, 3.8) is 0 Å². The van der Waals surface area contributed by atoms with Crippen molar-refractivity contribution in [1.82, 2.24) is 0 Å². The van der Waals surface area contributed by atoms with Gasteiger partial charge in [0.1, 0.15) is 0 Å². The molecular formula is C9H11Cl2NO. The van der Waals surface area contributed by atoms with Gasteiger partial charge in [-0.05, 0) is 11.6 Å². The Bertz CT molecular complexity index is 291. The minimum absolute atomic E-state index is 0.226. The second-order valence-corrected chi connectivity index (χ2v) is 3.49. The Balaban J connectivity index is 2.93. The van der Waals surface area contributed by atoms with E-state index in [2.05, 4.69) is 0 Å². The van der Waals surface area contributed by atoms with Crippen molar-refractivity contribution in [1.29, 1.82) is 0 Å². The molecule has 0 saturated heterocycles. The topological polar surface area (TPSA) is 35.2 Å². The predicted octanol–water partition coefficient (Wildman–Crippen LogP) is 2.64. The molecular weight excluding hydrogens is 209 g/mol. The highest BCUT2D eigenvalue weighted by atomic mass is 35.5. The fourth-order valence-corrected chi connectivity index (χ4v) is 1.52. The number of nitrogens with two attached hydrogens (primary N) is 1. The first-order chi connectivity index (χ1) is 6.16. The lowest BCUT2D eigenvalue weighted by Crippen LogP contribution is -2.16. The van der Waals surface area contributed by atoms with Gasteiger partial charge in [-0.15, -0.1) is 0 Å². The smallest absolute Gasteiger partial charge is 0.0656 e. The second kappa shape index (κ2) is 4.82. The van der Waals surface area contributed by atoms with Gasteiger partial charge in [0.25, 0.3) is 0 Å². The van der Waals surface area contributed by atoms with Gasteiger partial charge in [0.05, 0.1) is 22.7 Å². The Labute approximate surface area is 87.6 Å². The quantitative estimate of drug-likeness (QED) is 0.849. The van der Waals surface area contributed by atoms with Gasteiger partial charge in [0.2, 0.25) is 0 Å². The van der Waals surface area contributed by atoms with E-state index < -0.39 is 0 Å². The number of hydrogen-bond donors (Lipinski definition) is 1. The monoisotopic (exact) mass is 219 g/mol. The molecule has 0 aliphatic heterocycles. The molecule has 1 aromatic carbocycles. The van der Waals surface area contributed by atoms with Crippen LogP contribution in [0.4, 0.5) is 0 Å². The van der Waals surface area contributed by atoms with Gasteiger partial charge in [-0.2, -0.15) is 0 Å². The molecule has 0 aliphatic rings. The maximum absolute atomic E-state index is 5.96. The Hall–Kier alpha value is -0.280. The van der Waals surface area contributed by atoms with E-state index in [1.807, 2.05) is 12.1 Å². The van der Waals surface area contributed by atoms with Crippen LogP contribution < -0.4 is 5.73 Å². The van der Waals surface area contributed by atoms with Crippen LogP contribution in [0.3, 0.4) is 0 Å². The molecule has 13 heavy (non-hydrogen) atoms. The van der Waals surface area contributed by atoms with Crippen molar-refractivity contribution < 1.29 is 4.74 Å². The molecule has 4 heteroatoms. The first-order valence-corrected chi connectivity index (χ1v) is 4.61. The van der Waals surface area contributed by atoms with E-state index in [1.54, 1.807) is 13.2 Å². The zero-order valence-electron chi connectivity index (χ0n) is 7.26. The summed E-state index contributed by atoms with van der Waals surface area (Å²) in [6, 6.07) is 5.17. The third-order valence-electron chi connectivity index (χ3n) is 1.73. The molecule has 0 bridgehead atoms. The highest BCUT2D eigenvalue weighted by molar-refractivity contribution is 6.42. The second-order valence-electron chi connectivity index (χ2n) is 2.70. The number of hydrogen-bond acceptors (Lipinski definition) is 2. The summed E-state index contributed by atoms with van der Waals surface area (Å²) in [7, 11) is 1.60.